The second-order valence-electron chi connectivity index (χ2n) is 0.610. The van der Waals surface area contributed by atoms with Crippen LogP contribution in [0, 0.1) is 0 Å². The molecule has 0 amide bonds. The number of hydrogen-bond acceptors (Lipinski definition) is 2. The minimum absolute atomic E-state index is 0. The molecule has 0 fully saturated rings. The molecule has 4 nitrogen and oxygen atoms in total. The van der Waals surface area contributed by atoms with E-state index in [0.717, 1.165) is 0 Å². The first-order valence-electron chi connectivity index (χ1n) is 1.11. The fourth-order valence-corrected chi connectivity index (χ4v) is 0. The van der Waals surface area contributed by atoms with E-state index in [-0.39, 0.29) is 20.4 Å². The molecule has 0 unspecified atom stereocenters. The van der Waals surface area contributed by atoms with Crippen LogP contribution in [0.2, 0.25) is 0 Å². The number of hydrogen-bond donors (Lipinski definition) is 2. The first kappa shape index (κ1) is 9.78. The van der Waals surface area contributed by atoms with E-state index in [2.05, 4.69) is 0 Å². The van der Waals surface area contributed by atoms with Crippen LogP contribution < -0.4 is 0 Å². The quantitative estimate of drug-likeness (QED) is 0.391. The molecule has 0 aromatic rings. The zero-order valence-electron chi connectivity index (χ0n) is 3.03. The Kier molecular flexibility index (Phi) is 5.28. The summed E-state index contributed by atoms with van der Waals surface area (Å²) in [5.74, 6) is -3.65. The SMILES string of the molecule is O=C(O)C(=O)O.[Pd]. The molecular formula is C2H2O4Pd. The molecule has 0 spiro atoms. The number of carboxylic acid groups (broad SMARTS) is 2. The normalized spacial score (nSPS) is 6.29. The fraction of sp³-hybridized carbons (Fsp3) is 0. The van der Waals surface area contributed by atoms with Crippen LogP contribution in [0.5, 0.6) is 0 Å². The Labute approximate surface area is 52.8 Å². The van der Waals surface area contributed by atoms with Crippen LogP contribution >= 0.6 is 0 Å². The van der Waals surface area contributed by atoms with Crippen LogP contribution in [-0.2, 0) is 30.0 Å². The summed E-state index contributed by atoms with van der Waals surface area (Å²) in [5, 5.41) is 14.8. The number of rotatable bonds is 0. The van der Waals surface area contributed by atoms with Crippen molar-refractivity contribution in [2.75, 3.05) is 0 Å². The maximum atomic E-state index is 9.10. The summed E-state index contributed by atoms with van der Waals surface area (Å²) >= 11 is 0. The Bertz CT molecular complexity index is 75.7. The Morgan fingerprint density at radius 2 is 1.14 bits per heavy atom. The van der Waals surface area contributed by atoms with E-state index >= 15 is 0 Å². The van der Waals surface area contributed by atoms with Crippen molar-refractivity contribution in [2.24, 2.45) is 0 Å². The summed E-state index contributed by atoms with van der Waals surface area (Å²) in [6, 6.07) is 0. The molecule has 0 rings (SSSR count). The van der Waals surface area contributed by atoms with Crippen molar-refractivity contribution >= 4 is 11.9 Å². The van der Waals surface area contributed by atoms with Gasteiger partial charge >= 0.3 is 11.9 Å². The first-order chi connectivity index (χ1) is 2.64. The number of carbonyl (C=O) groups is 2. The molecule has 0 atom stereocenters. The molecule has 0 aromatic heterocycles. The monoisotopic (exact) mass is 196 g/mol. The van der Waals surface area contributed by atoms with Gasteiger partial charge in [0.25, 0.3) is 0 Å². The van der Waals surface area contributed by atoms with Crippen LogP contribution in [0.4, 0.5) is 0 Å². The van der Waals surface area contributed by atoms with Gasteiger partial charge in [-0.15, -0.1) is 0 Å². The van der Waals surface area contributed by atoms with Crippen molar-refractivity contribution in [3.05, 3.63) is 0 Å². The third-order valence-corrected chi connectivity index (χ3v) is 0.183. The Hall–Kier alpha value is -0.398. The molecule has 0 heterocycles. The van der Waals surface area contributed by atoms with Crippen molar-refractivity contribution in [1.29, 1.82) is 0 Å². The van der Waals surface area contributed by atoms with Crippen LogP contribution in [0.3, 0.4) is 0 Å². The van der Waals surface area contributed by atoms with E-state index in [1.54, 1.807) is 0 Å². The standard InChI is InChI=1S/C2H2O4.Pd/c3-1(4)2(5)6;/h(H,3,4)(H,5,6);. The van der Waals surface area contributed by atoms with E-state index in [1.807, 2.05) is 0 Å². The van der Waals surface area contributed by atoms with Gasteiger partial charge in [0.15, 0.2) is 0 Å². The van der Waals surface area contributed by atoms with Crippen molar-refractivity contribution in [3.8, 4) is 0 Å². The molecule has 2 N–H and O–H groups in total. The molecular weight excluding hydrogens is 194 g/mol. The average molecular weight is 196 g/mol. The van der Waals surface area contributed by atoms with Crippen molar-refractivity contribution < 1.29 is 40.2 Å². The van der Waals surface area contributed by atoms with Gasteiger partial charge in [0.05, 0.1) is 0 Å². The van der Waals surface area contributed by atoms with E-state index in [1.165, 1.54) is 0 Å². The zero-order chi connectivity index (χ0) is 5.15. The summed E-state index contributed by atoms with van der Waals surface area (Å²) < 4.78 is 0. The van der Waals surface area contributed by atoms with Crippen LogP contribution in [0.15, 0.2) is 0 Å². The summed E-state index contributed by atoms with van der Waals surface area (Å²) in [7, 11) is 0. The van der Waals surface area contributed by atoms with Gasteiger partial charge in [-0.1, -0.05) is 0 Å². The van der Waals surface area contributed by atoms with Gasteiger partial charge in [-0.3, -0.25) is 0 Å². The molecule has 7 heavy (non-hydrogen) atoms. The van der Waals surface area contributed by atoms with Crippen molar-refractivity contribution in [1.82, 2.24) is 0 Å². The van der Waals surface area contributed by atoms with Gasteiger partial charge in [0.1, 0.15) is 0 Å². The van der Waals surface area contributed by atoms with Gasteiger partial charge < -0.3 is 10.2 Å². The molecule has 0 saturated carbocycles. The summed E-state index contributed by atoms with van der Waals surface area (Å²) in [4.78, 5) is 18.2. The zero-order valence-corrected chi connectivity index (χ0v) is 4.58. The third kappa shape index (κ3) is 5.60. The van der Waals surface area contributed by atoms with Gasteiger partial charge in [0, 0.05) is 20.4 Å². The Balaban J connectivity index is 0. The maximum absolute atomic E-state index is 9.10. The molecule has 0 aromatic carbocycles. The third-order valence-electron chi connectivity index (χ3n) is 0.183. The second-order valence-corrected chi connectivity index (χ2v) is 0.610. The Morgan fingerprint density at radius 3 is 1.14 bits per heavy atom. The van der Waals surface area contributed by atoms with Crippen LogP contribution in [-0.4, -0.2) is 22.2 Å². The topological polar surface area (TPSA) is 74.6 Å². The molecule has 0 saturated heterocycles. The van der Waals surface area contributed by atoms with Gasteiger partial charge in [-0.25, -0.2) is 9.59 Å². The van der Waals surface area contributed by atoms with Gasteiger partial charge in [-0.2, -0.15) is 0 Å². The molecule has 0 aliphatic carbocycles. The predicted octanol–water partition coefficient (Wildman–Crippen LogP) is -0.847. The summed E-state index contributed by atoms with van der Waals surface area (Å²) in [5.41, 5.74) is 0. The van der Waals surface area contributed by atoms with Gasteiger partial charge in [-0.05, 0) is 0 Å². The Morgan fingerprint density at radius 1 is 1.00 bits per heavy atom. The van der Waals surface area contributed by atoms with E-state index in [4.69, 9.17) is 19.8 Å². The molecule has 0 aliphatic heterocycles. The smallest absolute Gasteiger partial charge is 0.414 e. The van der Waals surface area contributed by atoms with Crippen LogP contribution in [0.25, 0.3) is 0 Å². The molecule has 5 heteroatoms. The predicted molar refractivity (Wildman–Crippen MR) is 15.3 cm³/mol. The van der Waals surface area contributed by atoms with E-state index in [0.29, 0.717) is 0 Å². The molecule has 0 radical (unpaired) electrons. The minimum atomic E-state index is -1.82. The summed E-state index contributed by atoms with van der Waals surface area (Å²) in [6.07, 6.45) is 0. The molecule has 0 bridgehead atoms. The van der Waals surface area contributed by atoms with Gasteiger partial charge in [0.2, 0.25) is 0 Å². The average Bonchev–Trinajstić information content (AvgIpc) is 1.36. The first-order valence-corrected chi connectivity index (χ1v) is 1.11. The molecule has 0 aliphatic rings. The molecule has 44 valence electrons. The number of carboxylic acids is 2. The van der Waals surface area contributed by atoms with E-state index < -0.39 is 11.9 Å². The minimum Gasteiger partial charge on any atom is -0.473 e. The van der Waals surface area contributed by atoms with Crippen molar-refractivity contribution in [3.63, 3.8) is 0 Å². The largest absolute Gasteiger partial charge is 0.473 e. The van der Waals surface area contributed by atoms with Crippen LogP contribution in [0.1, 0.15) is 0 Å². The van der Waals surface area contributed by atoms with Crippen molar-refractivity contribution in [2.45, 2.75) is 0 Å². The number of aliphatic carboxylic acids is 2. The summed E-state index contributed by atoms with van der Waals surface area (Å²) in [6.45, 7) is 0. The van der Waals surface area contributed by atoms with E-state index in [9.17, 15) is 0 Å². The fourth-order valence-electron chi connectivity index (χ4n) is 0. The second kappa shape index (κ2) is 3.78. The maximum Gasteiger partial charge on any atom is 0.414 e.